The first-order chi connectivity index (χ1) is 11.2. The smallest absolute Gasteiger partial charge is 0.271 e. The molecule has 1 amide bonds. The molecule has 0 aliphatic heterocycles. The van der Waals surface area contributed by atoms with Crippen LogP contribution in [0.2, 0.25) is 0 Å². The first-order valence-corrected chi connectivity index (χ1v) is 9.36. The zero-order valence-electron chi connectivity index (χ0n) is 12.8. The minimum absolute atomic E-state index is 0.159. The van der Waals surface area contributed by atoms with E-state index in [1.807, 2.05) is 5.38 Å². The lowest BCUT2D eigenvalue weighted by Crippen LogP contribution is -2.44. The van der Waals surface area contributed by atoms with Crippen LogP contribution in [0.4, 0.5) is 0 Å². The molecule has 5 rings (SSSR count). The number of nitrogens with one attached hydrogen (secondary N) is 1. The molecule has 2 aromatic rings. The molecule has 0 spiro atoms. The molecule has 5 nitrogen and oxygen atoms in total. The molecule has 3 aliphatic carbocycles. The van der Waals surface area contributed by atoms with Gasteiger partial charge < -0.3 is 5.32 Å². The van der Waals surface area contributed by atoms with E-state index in [0.717, 1.165) is 24.2 Å². The summed E-state index contributed by atoms with van der Waals surface area (Å²) in [5.74, 6) is 2.86. The van der Waals surface area contributed by atoms with Crippen molar-refractivity contribution in [3.05, 3.63) is 33.7 Å². The van der Waals surface area contributed by atoms with Crippen molar-refractivity contribution >= 4 is 22.2 Å². The summed E-state index contributed by atoms with van der Waals surface area (Å²) in [6.45, 7) is 0. The molecule has 3 aliphatic rings. The number of thiazole rings is 1. The zero-order valence-corrected chi connectivity index (χ0v) is 13.6. The number of fused-ring (bicyclic) bond motifs is 6. The lowest BCUT2D eigenvalue weighted by molar-refractivity contribution is 0.0899. The molecule has 5 atom stereocenters. The zero-order chi connectivity index (χ0) is 15.6. The van der Waals surface area contributed by atoms with Gasteiger partial charge in [0, 0.05) is 23.8 Å². The second-order valence-electron chi connectivity index (χ2n) is 7.27. The average molecular weight is 329 g/mol. The van der Waals surface area contributed by atoms with Gasteiger partial charge in [0.25, 0.3) is 11.5 Å². The Morgan fingerprint density at radius 2 is 2.13 bits per heavy atom. The van der Waals surface area contributed by atoms with Crippen LogP contribution in [0.5, 0.6) is 0 Å². The maximum atomic E-state index is 12.6. The molecule has 3 saturated carbocycles. The topological polar surface area (TPSA) is 63.5 Å². The van der Waals surface area contributed by atoms with Gasteiger partial charge in [0.2, 0.25) is 0 Å². The standard InChI is InChI=1S/C17H19N3O2S/c21-15(13-8-18-17-20(16(13)22)4-5-23-17)19-14-7-9-6-12(14)11-3-1-2-10(9)11/h4-5,8-12,14H,1-3,6-7H2,(H,19,21)/t9-,10+,11+,12+,14-/m1/s1. The summed E-state index contributed by atoms with van der Waals surface area (Å²) in [4.78, 5) is 29.9. The molecule has 3 fully saturated rings. The first-order valence-electron chi connectivity index (χ1n) is 8.48. The van der Waals surface area contributed by atoms with E-state index in [9.17, 15) is 9.59 Å². The van der Waals surface area contributed by atoms with Crippen LogP contribution in [0, 0.1) is 23.7 Å². The van der Waals surface area contributed by atoms with Gasteiger partial charge in [-0.2, -0.15) is 0 Å². The molecule has 6 heteroatoms. The predicted octanol–water partition coefficient (Wildman–Crippen LogP) is 2.31. The summed E-state index contributed by atoms with van der Waals surface area (Å²) in [5.41, 5.74) is -0.109. The van der Waals surface area contributed by atoms with Crippen molar-refractivity contribution in [3.8, 4) is 0 Å². The monoisotopic (exact) mass is 329 g/mol. The Morgan fingerprint density at radius 1 is 1.26 bits per heavy atom. The number of hydrogen-bond donors (Lipinski definition) is 1. The summed E-state index contributed by atoms with van der Waals surface area (Å²) >= 11 is 1.40. The van der Waals surface area contributed by atoms with E-state index in [4.69, 9.17) is 0 Å². The van der Waals surface area contributed by atoms with Crippen LogP contribution in [0.15, 0.2) is 22.6 Å². The maximum absolute atomic E-state index is 12.6. The van der Waals surface area contributed by atoms with Crippen LogP contribution in [0.3, 0.4) is 0 Å². The van der Waals surface area contributed by atoms with E-state index in [2.05, 4.69) is 10.3 Å². The largest absolute Gasteiger partial charge is 0.349 e. The molecule has 2 aromatic heterocycles. The SMILES string of the molecule is O=C(N[C@@H]1C[C@H]2C[C@H]1[C@H]1CCC[C@@H]21)c1cnc2sccn2c1=O. The first kappa shape index (κ1) is 13.7. The molecule has 120 valence electrons. The lowest BCUT2D eigenvalue weighted by atomic mass is 9.79. The minimum Gasteiger partial charge on any atom is -0.349 e. The summed E-state index contributed by atoms with van der Waals surface area (Å²) in [7, 11) is 0. The van der Waals surface area contributed by atoms with E-state index in [-0.39, 0.29) is 23.1 Å². The highest BCUT2D eigenvalue weighted by molar-refractivity contribution is 7.15. The van der Waals surface area contributed by atoms with Crippen LogP contribution in [-0.4, -0.2) is 21.3 Å². The molecule has 0 radical (unpaired) electrons. The highest BCUT2D eigenvalue weighted by Crippen LogP contribution is 2.58. The Balaban J connectivity index is 1.39. The fraction of sp³-hybridized carbons (Fsp3) is 0.588. The Labute approximate surface area is 137 Å². The van der Waals surface area contributed by atoms with E-state index in [1.54, 1.807) is 6.20 Å². The van der Waals surface area contributed by atoms with Gasteiger partial charge in [0.1, 0.15) is 5.56 Å². The molecule has 1 N–H and O–H groups in total. The van der Waals surface area contributed by atoms with Crippen molar-refractivity contribution in [1.29, 1.82) is 0 Å². The number of carbonyl (C=O) groups is 1. The molecule has 0 unspecified atom stereocenters. The molecule has 0 saturated heterocycles. The summed E-state index contributed by atoms with van der Waals surface area (Å²) in [6.07, 6.45) is 9.51. The van der Waals surface area contributed by atoms with Crippen molar-refractivity contribution in [3.63, 3.8) is 0 Å². The van der Waals surface area contributed by atoms with Crippen molar-refractivity contribution in [2.45, 2.75) is 38.1 Å². The number of hydrogen-bond acceptors (Lipinski definition) is 4. The maximum Gasteiger partial charge on any atom is 0.271 e. The normalized spacial score (nSPS) is 34.9. The van der Waals surface area contributed by atoms with Crippen LogP contribution < -0.4 is 10.9 Å². The van der Waals surface area contributed by atoms with Gasteiger partial charge in [0.05, 0.1) is 0 Å². The third-order valence-corrected chi connectivity index (χ3v) is 7.10. The van der Waals surface area contributed by atoms with Gasteiger partial charge in [-0.05, 0) is 49.4 Å². The number of carbonyl (C=O) groups excluding carboxylic acids is 1. The van der Waals surface area contributed by atoms with Crippen LogP contribution in [-0.2, 0) is 0 Å². The highest BCUT2D eigenvalue weighted by atomic mass is 32.1. The lowest BCUT2D eigenvalue weighted by Gasteiger charge is -2.32. The summed E-state index contributed by atoms with van der Waals surface area (Å²) in [6, 6.07) is 0.245. The van der Waals surface area contributed by atoms with Crippen LogP contribution in [0.1, 0.15) is 42.5 Å². The fourth-order valence-electron chi connectivity index (χ4n) is 5.46. The van der Waals surface area contributed by atoms with E-state index in [1.165, 1.54) is 47.6 Å². The van der Waals surface area contributed by atoms with Gasteiger partial charge in [-0.1, -0.05) is 6.42 Å². The Morgan fingerprint density at radius 3 is 3.04 bits per heavy atom. The summed E-state index contributed by atoms with van der Waals surface area (Å²) in [5, 5.41) is 4.96. The van der Waals surface area contributed by atoms with Crippen molar-refractivity contribution in [2.24, 2.45) is 23.7 Å². The summed E-state index contributed by atoms with van der Waals surface area (Å²) < 4.78 is 1.45. The van der Waals surface area contributed by atoms with Gasteiger partial charge in [0.15, 0.2) is 4.96 Å². The number of nitrogens with zero attached hydrogens (tertiary/aromatic N) is 2. The molecule has 23 heavy (non-hydrogen) atoms. The van der Waals surface area contributed by atoms with Gasteiger partial charge in [-0.25, -0.2) is 4.98 Å². The Hall–Kier alpha value is -1.69. The van der Waals surface area contributed by atoms with Crippen LogP contribution in [0.25, 0.3) is 4.96 Å². The fourth-order valence-corrected chi connectivity index (χ4v) is 6.14. The van der Waals surface area contributed by atoms with Crippen molar-refractivity contribution in [1.82, 2.24) is 14.7 Å². The number of aromatic nitrogens is 2. The van der Waals surface area contributed by atoms with Crippen LogP contribution >= 0.6 is 11.3 Å². The van der Waals surface area contributed by atoms with E-state index in [0.29, 0.717) is 10.9 Å². The van der Waals surface area contributed by atoms with E-state index >= 15 is 0 Å². The van der Waals surface area contributed by atoms with Gasteiger partial charge >= 0.3 is 0 Å². The predicted molar refractivity (Wildman–Crippen MR) is 87.6 cm³/mol. The third kappa shape index (κ3) is 1.94. The number of amides is 1. The number of rotatable bonds is 2. The third-order valence-electron chi connectivity index (χ3n) is 6.33. The minimum atomic E-state index is -0.268. The second kappa shape index (κ2) is 4.90. The average Bonchev–Trinajstić information content (AvgIpc) is 3.29. The van der Waals surface area contributed by atoms with Crippen molar-refractivity contribution < 1.29 is 4.79 Å². The molecule has 2 bridgehead atoms. The molecule has 2 heterocycles. The Kier molecular flexibility index (Phi) is 2.92. The van der Waals surface area contributed by atoms with Crippen molar-refractivity contribution in [2.75, 3.05) is 0 Å². The molecule has 0 aromatic carbocycles. The van der Waals surface area contributed by atoms with Gasteiger partial charge in [-0.3, -0.25) is 14.0 Å². The van der Waals surface area contributed by atoms with Gasteiger partial charge in [-0.15, -0.1) is 11.3 Å². The molecular weight excluding hydrogens is 310 g/mol. The van der Waals surface area contributed by atoms with E-state index < -0.39 is 0 Å². The molecular formula is C17H19N3O2S. The quantitative estimate of drug-likeness (QED) is 0.919. The Bertz CT molecular complexity index is 842. The highest BCUT2D eigenvalue weighted by Gasteiger charge is 2.54. The second-order valence-corrected chi connectivity index (χ2v) is 8.14.